The second-order valence-electron chi connectivity index (χ2n) is 4.72. The molecule has 0 spiro atoms. The second-order valence-corrected chi connectivity index (χ2v) is 5.67. The molecule has 0 nitrogen and oxygen atoms in total. The maximum Gasteiger partial charge on any atom is 0.0104 e. The first kappa shape index (κ1) is 9.26. The Hall–Kier alpha value is -0.300. The largest absolute Gasteiger partial charge is 0.148 e. The molecule has 0 aromatic carbocycles. The molecule has 1 saturated carbocycles. The highest BCUT2D eigenvalue weighted by Gasteiger charge is 2.31. The van der Waals surface area contributed by atoms with E-state index in [1.807, 2.05) is 11.3 Å². The summed E-state index contributed by atoms with van der Waals surface area (Å²) in [7, 11) is 0. The quantitative estimate of drug-likeness (QED) is 0.628. The molecule has 1 aliphatic rings. The lowest BCUT2D eigenvalue weighted by Crippen LogP contribution is -2.26. The van der Waals surface area contributed by atoms with Crippen molar-refractivity contribution in [1.29, 1.82) is 0 Å². The smallest absolute Gasteiger partial charge is 0.0104 e. The van der Waals surface area contributed by atoms with Gasteiger partial charge in [0.05, 0.1) is 0 Å². The topological polar surface area (TPSA) is 0 Å². The van der Waals surface area contributed by atoms with Crippen molar-refractivity contribution in [2.24, 2.45) is 5.92 Å². The molecule has 0 N–H and O–H groups in total. The lowest BCUT2D eigenvalue weighted by molar-refractivity contribution is 0.264. The monoisotopic (exact) mass is 194 g/mol. The van der Waals surface area contributed by atoms with E-state index in [1.165, 1.54) is 25.7 Å². The molecule has 72 valence electrons. The third kappa shape index (κ3) is 1.80. The van der Waals surface area contributed by atoms with Gasteiger partial charge >= 0.3 is 0 Å². The van der Waals surface area contributed by atoms with Gasteiger partial charge in [-0.25, -0.2) is 0 Å². The Morgan fingerprint density at radius 1 is 1.38 bits per heavy atom. The summed E-state index contributed by atoms with van der Waals surface area (Å²) in [5.74, 6) is 0.952. The van der Waals surface area contributed by atoms with E-state index >= 15 is 0 Å². The molecule has 0 aliphatic heterocycles. The van der Waals surface area contributed by atoms with Crippen LogP contribution in [0.1, 0.15) is 44.4 Å². The summed E-state index contributed by atoms with van der Waals surface area (Å²) in [6, 6.07) is 4.49. The fourth-order valence-electron chi connectivity index (χ4n) is 2.27. The molecule has 0 unspecified atom stereocenters. The van der Waals surface area contributed by atoms with Crippen molar-refractivity contribution >= 4 is 11.3 Å². The van der Waals surface area contributed by atoms with Gasteiger partial charge in [0.15, 0.2) is 0 Å². The first-order valence-corrected chi connectivity index (χ1v) is 6.13. The average molecular weight is 194 g/mol. The van der Waals surface area contributed by atoms with Crippen LogP contribution in [0.15, 0.2) is 17.5 Å². The molecule has 0 saturated heterocycles. The van der Waals surface area contributed by atoms with Gasteiger partial charge in [-0.15, -0.1) is 11.3 Å². The second kappa shape index (κ2) is 3.45. The van der Waals surface area contributed by atoms with Gasteiger partial charge in [0.2, 0.25) is 0 Å². The molecule has 1 fully saturated rings. The fraction of sp³-hybridized carbons (Fsp3) is 0.667. The molecule has 0 bridgehead atoms. The normalized spacial score (nSPS) is 34.8. The summed E-state index contributed by atoms with van der Waals surface area (Å²) in [4.78, 5) is 1.60. The first-order valence-electron chi connectivity index (χ1n) is 5.25. The van der Waals surface area contributed by atoms with Crippen LogP contribution in [0.5, 0.6) is 0 Å². The Morgan fingerprint density at radius 2 is 2.08 bits per heavy atom. The molecule has 0 amide bonds. The van der Waals surface area contributed by atoms with Crippen molar-refractivity contribution < 1.29 is 0 Å². The van der Waals surface area contributed by atoms with Crippen LogP contribution in [0.25, 0.3) is 0 Å². The number of thiophene rings is 1. The molecular weight excluding hydrogens is 176 g/mol. The summed E-state index contributed by atoms with van der Waals surface area (Å²) in [5, 5.41) is 2.21. The highest BCUT2D eigenvalue weighted by molar-refractivity contribution is 7.10. The SMILES string of the molecule is CC1CCC(C)(c2cccs2)CC1. The van der Waals surface area contributed by atoms with Crippen LogP contribution in [0, 0.1) is 5.92 Å². The van der Waals surface area contributed by atoms with E-state index < -0.39 is 0 Å². The van der Waals surface area contributed by atoms with Crippen LogP contribution in [0.2, 0.25) is 0 Å². The standard InChI is InChI=1S/C12H18S/c1-10-5-7-12(2,8-6-10)11-4-3-9-13-11/h3-4,9-10H,5-8H2,1-2H3. The van der Waals surface area contributed by atoms with Crippen molar-refractivity contribution in [1.82, 2.24) is 0 Å². The van der Waals surface area contributed by atoms with Crippen LogP contribution >= 0.6 is 11.3 Å². The van der Waals surface area contributed by atoms with E-state index in [9.17, 15) is 0 Å². The van der Waals surface area contributed by atoms with E-state index in [0.29, 0.717) is 5.41 Å². The van der Waals surface area contributed by atoms with E-state index in [4.69, 9.17) is 0 Å². The molecule has 0 atom stereocenters. The van der Waals surface area contributed by atoms with Gasteiger partial charge < -0.3 is 0 Å². The zero-order valence-electron chi connectivity index (χ0n) is 8.55. The van der Waals surface area contributed by atoms with E-state index in [-0.39, 0.29) is 0 Å². The summed E-state index contributed by atoms with van der Waals surface area (Å²) in [5.41, 5.74) is 0.501. The molecular formula is C12H18S. The minimum absolute atomic E-state index is 0.501. The van der Waals surface area contributed by atoms with Crippen LogP contribution < -0.4 is 0 Å². The number of rotatable bonds is 1. The molecule has 1 aromatic rings. The van der Waals surface area contributed by atoms with Crippen molar-refractivity contribution in [2.75, 3.05) is 0 Å². The minimum Gasteiger partial charge on any atom is -0.148 e. The molecule has 1 aliphatic carbocycles. The Bertz CT molecular complexity index is 253. The molecule has 1 aromatic heterocycles. The summed E-state index contributed by atoms with van der Waals surface area (Å²) in [6.07, 6.45) is 5.59. The third-order valence-corrected chi connectivity index (χ3v) is 4.67. The van der Waals surface area contributed by atoms with Gasteiger partial charge in [0, 0.05) is 10.3 Å². The van der Waals surface area contributed by atoms with Crippen LogP contribution in [-0.2, 0) is 5.41 Å². The van der Waals surface area contributed by atoms with Gasteiger partial charge in [-0.3, -0.25) is 0 Å². The lowest BCUT2D eigenvalue weighted by atomic mass is 9.71. The Labute approximate surface area is 85.0 Å². The van der Waals surface area contributed by atoms with Gasteiger partial charge in [-0.2, -0.15) is 0 Å². The number of hydrogen-bond acceptors (Lipinski definition) is 1. The maximum atomic E-state index is 2.44. The third-order valence-electron chi connectivity index (χ3n) is 3.49. The van der Waals surface area contributed by atoms with Crippen molar-refractivity contribution in [2.45, 2.75) is 44.9 Å². The van der Waals surface area contributed by atoms with Gasteiger partial charge in [-0.05, 0) is 43.0 Å². The molecule has 1 heteroatoms. The van der Waals surface area contributed by atoms with Crippen LogP contribution in [0.4, 0.5) is 0 Å². The van der Waals surface area contributed by atoms with Crippen molar-refractivity contribution in [3.63, 3.8) is 0 Å². The first-order chi connectivity index (χ1) is 6.21. The van der Waals surface area contributed by atoms with E-state index in [1.54, 1.807) is 4.88 Å². The maximum absolute atomic E-state index is 2.44. The van der Waals surface area contributed by atoms with Crippen molar-refractivity contribution in [3.05, 3.63) is 22.4 Å². The zero-order valence-corrected chi connectivity index (χ0v) is 9.36. The predicted molar refractivity (Wildman–Crippen MR) is 59.3 cm³/mol. The fourth-order valence-corrected chi connectivity index (χ4v) is 3.22. The highest BCUT2D eigenvalue weighted by atomic mass is 32.1. The molecule has 13 heavy (non-hydrogen) atoms. The van der Waals surface area contributed by atoms with Crippen LogP contribution in [0.3, 0.4) is 0 Å². The predicted octanol–water partition coefficient (Wildman–Crippen LogP) is 4.22. The van der Waals surface area contributed by atoms with Gasteiger partial charge in [-0.1, -0.05) is 19.9 Å². The Balaban J connectivity index is 2.13. The van der Waals surface area contributed by atoms with Gasteiger partial charge in [0.25, 0.3) is 0 Å². The van der Waals surface area contributed by atoms with Crippen molar-refractivity contribution in [3.8, 4) is 0 Å². The Kier molecular flexibility index (Phi) is 2.46. The molecule has 0 radical (unpaired) electrons. The summed E-state index contributed by atoms with van der Waals surface area (Å²) in [6.45, 7) is 4.82. The number of hydrogen-bond donors (Lipinski definition) is 0. The summed E-state index contributed by atoms with van der Waals surface area (Å²) < 4.78 is 0. The zero-order chi connectivity index (χ0) is 9.31. The summed E-state index contributed by atoms with van der Waals surface area (Å²) >= 11 is 1.93. The van der Waals surface area contributed by atoms with Crippen LogP contribution in [-0.4, -0.2) is 0 Å². The van der Waals surface area contributed by atoms with Gasteiger partial charge in [0.1, 0.15) is 0 Å². The van der Waals surface area contributed by atoms with E-state index in [2.05, 4.69) is 31.4 Å². The molecule has 2 rings (SSSR count). The Morgan fingerprint density at radius 3 is 2.62 bits per heavy atom. The van der Waals surface area contributed by atoms with E-state index in [0.717, 1.165) is 5.92 Å². The minimum atomic E-state index is 0.501. The highest BCUT2D eigenvalue weighted by Crippen LogP contribution is 2.42. The average Bonchev–Trinajstić information content (AvgIpc) is 2.63. The lowest BCUT2D eigenvalue weighted by Gasteiger charge is -2.35. The molecule has 1 heterocycles.